The molecular weight excluding hydrogens is 252 g/mol. The highest BCUT2D eigenvalue weighted by Crippen LogP contribution is 2.22. The van der Waals surface area contributed by atoms with Crippen LogP contribution in [0.1, 0.15) is 30.8 Å². The largest absolute Gasteiger partial charge is 0.318 e. The summed E-state index contributed by atoms with van der Waals surface area (Å²) in [6.07, 6.45) is 6.51. The number of aromatic nitrogens is 5. The van der Waals surface area contributed by atoms with Crippen LogP contribution >= 0.6 is 0 Å². The predicted octanol–water partition coefficient (Wildman–Crippen LogP) is 1.62. The van der Waals surface area contributed by atoms with Gasteiger partial charge in [-0.3, -0.25) is 4.68 Å². The number of hydrogen-bond donors (Lipinski definition) is 1. The summed E-state index contributed by atoms with van der Waals surface area (Å²) in [5.41, 5.74) is 9.10. The fourth-order valence-corrected chi connectivity index (χ4v) is 2.41. The lowest BCUT2D eigenvalue weighted by Gasteiger charge is -2.12. The Labute approximate surface area is 117 Å². The molecule has 0 aliphatic carbocycles. The van der Waals surface area contributed by atoms with E-state index in [4.69, 9.17) is 5.73 Å². The van der Waals surface area contributed by atoms with E-state index in [1.807, 2.05) is 25.4 Å². The van der Waals surface area contributed by atoms with Gasteiger partial charge in [-0.2, -0.15) is 5.10 Å². The van der Waals surface area contributed by atoms with Crippen molar-refractivity contribution in [2.75, 3.05) is 0 Å². The molecule has 0 aliphatic rings. The van der Waals surface area contributed by atoms with Gasteiger partial charge in [-0.25, -0.2) is 9.97 Å². The van der Waals surface area contributed by atoms with Gasteiger partial charge in [-0.15, -0.1) is 0 Å². The van der Waals surface area contributed by atoms with Crippen LogP contribution in [-0.2, 0) is 13.6 Å². The molecule has 104 valence electrons. The predicted molar refractivity (Wildman–Crippen MR) is 77.1 cm³/mol. The number of hydrogen-bond acceptors (Lipinski definition) is 4. The van der Waals surface area contributed by atoms with Gasteiger partial charge in [0.15, 0.2) is 5.65 Å². The maximum Gasteiger partial charge on any atom is 0.160 e. The average molecular weight is 270 g/mol. The first-order valence-electron chi connectivity index (χ1n) is 6.76. The number of pyridine rings is 1. The van der Waals surface area contributed by atoms with Crippen LogP contribution in [0.3, 0.4) is 0 Å². The molecule has 0 saturated heterocycles. The molecule has 2 N–H and O–H groups in total. The minimum absolute atomic E-state index is 0.288. The second kappa shape index (κ2) is 5.05. The molecule has 6 heteroatoms. The van der Waals surface area contributed by atoms with Gasteiger partial charge in [0, 0.05) is 31.5 Å². The zero-order valence-electron chi connectivity index (χ0n) is 11.7. The van der Waals surface area contributed by atoms with Gasteiger partial charge in [0.1, 0.15) is 11.3 Å². The molecule has 0 spiro atoms. The quantitative estimate of drug-likeness (QED) is 0.781. The van der Waals surface area contributed by atoms with Crippen molar-refractivity contribution >= 4 is 11.2 Å². The smallest absolute Gasteiger partial charge is 0.160 e. The molecule has 0 radical (unpaired) electrons. The van der Waals surface area contributed by atoms with Crippen molar-refractivity contribution < 1.29 is 0 Å². The molecule has 0 saturated carbocycles. The van der Waals surface area contributed by atoms with Crippen molar-refractivity contribution in [2.45, 2.75) is 25.9 Å². The molecule has 3 heterocycles. The standard InChI is InChI=1S/C14H18N6/c1-3-7-20-13-11(5-4-6-16-13)18-14(20)12(15)10-8-17-19(2)9-10/h4-6,8-9,12H,3,7,15H2,1-2H3. The molecule has 0 fully saturated rings. The third kappa shape index (κ3) is 2.08. The number of nitrogens with two attached hydrogens (primary N) is 1. The normalized spacial score (nSPS) is 12.9. The van der Waals surface area contributed by atoms with Crippen LogP contribution < -0.4 is 5.73 Å². The number of fused-ring (bicyclic) bond motifs is 1. The third-order valence-corrected chi connectivity index (χ3v) is 3.34. The lowest BCUT2D eigenvalue weighted by Crippen LogP contribution is -2.17. The summed E-state index contributed by atoms with van der Waals surface area (Å²) >= 11 is 0. The lowest BCUT2D eigenvalue weighted by molar-refractivity contribution is 0.623. The second-order valence-electron chi connectivity index (χ2n) is 4.89. The zero-order valence-corrected chi connectivity index (χ0v) is 11.7. The molecule has 3 aromatic rings. The van der Waals surface area contributed by atoms with E-state index in [0.29, 0.717) is 0 Å². The maximum atomic E-state index is 6.36. The second-order valence-corrected chi connectivity index (χ2v) is 4.89. The SMILES string of the molecule is CCCn1c(C(N)c2cnn(C)c2)nc2cccnc21. The minimum atomic E-state index is -0.288. The van der Waals surface area contributed by atoms with Crippen LogP contribution in [0.5, 0.6) is 0 Å². The summed E-state index contributed by atoms with van der Waals surface area (Å²) in [6.45, 7) is 2.99. The van der Waals surface area contributed by atoms with Gasteiger partial charge < -0.3 is 10.3 Å². The Morgan fingerprint density at radius 3 is 2.95 bits per heavy atom. The summed E-state index contributed by atoms with van der Waals surface area (Å²) < 4.78 is 3.85. The van der Waals surface area contributed by atoms with Gasteiger partial charge in [0.25, 0.3) is 0 Å². The molecule has 20 heavy (non-hydrogen) atoms. The highest BCUT2D eigenvalue weighted by atomic mass is 15.2. The summed E-state index contributed by atoms with van der Waals surface area (Å²) in [6, 6.07) is 3.57. The van der Waals surface area contributed by atoms with E-state index in [0.717, 1.165) is 35.5 Å². The minimum Gasteiger partial charge on any atom is -0.318 e. The fraction of sp³-hybridized carbons (Fsp3) is 0.357. The van der Waals surface area contributed by atoms with Gasteiger partial charge in [0.05, 0.1) is 12.2 Å². The Morgan fingerprint density at radius 1 is 1.40 bits per heavy atom. The van der Waals surface area contributed by atoms with Crippen LogP contribution in [0.4, 0.5) is 0 Å². The molecular formula is C14H18N6. The van der Waals surface area contributed by atoms with Gasteiger partial charge in [-0.05, 0) is 18.6 Å². The van der Waals surface area contributed by atoms with Gasteiger partial charge >= 0.3 is 0 Å². The fourth-order valence-electron chi connectivity index (χ4n) is 2.41. The van der Waals surface area contributed by atoms with E-state index in [-0.39, 0.29) is 6.04 Å². The third-order valence-electron chi connectivity index (χ3n) is 3.34. The average Bonchev–Trinajstić information content (AvgIpc) is 3.03. The molecule has 3 rings (SSSR count). The molecule has 3 aromatic heterocycles. The summed E-state index contributed by atoms with van der Waals surface area (Å²) in [4.78, 5) is 9.08. The molecule has 0 bridgehead atoms. The van der Waals surface area contributed by atoms with Crippen LogP contribution in [0, 0.1) is 0 Å². The van der Waals surface area contributed by atoms with E-state index in [9.17, 15) is 0 Å². The number of imidazole rings is 1. The van der Waals surface area contributed by atoms with Crippen LogP contribution in [-0.4, -0.2) is 24.3 Å². The van der Waals surface area contributed by atoms with Crippen molar-refractivity contribution in [3.05, 3.63) is 42.1 Å². The Bertz CT molecular complexity index is 726. The number of aryl methyl sites for hydroxylation is 2. The highest BCUT2D eigenvalue weighted by Gasteiger charge is 2.19. The van der Waals surface area contributed by atoms with Crippen molar-refractivity contribution in [3.8, 4) is 0 Å². The van der Waals surface area contributed by atoms with E-state index < -0.39 is 0 Å². The first kappa shape index (κ1) is 12.8. The molecule has 1 atom stereocenters. The van der Waals surface area contributed by atoms with E-state index in [1.54, 1.807) is 17.1 Å². The van der Waals surface area contributed by atoms with Crippen molar-refractivity contribution in [1.29, 1.82) is 0 Å². The first-order valence-corrected chi connectivity index (χ1v) is 6.76. The van der Waals surface area contributed by atoms with Crippen LogP contribution in [0.2, 0.25) is 0 Å². The number of rotatable bonds is 4. The Hall–Kier alpha value is -2.21. The van der Waals surface area contributed by atoms with Crippen LogP contribution in [0.25, 0.3) is 11.2 Å². The van der Waals surface area contributed by atoms with Gasteiger partial charge in [-0.1, -0.05) is 6.92 Å². The lowest BCUT2D eigenvalue weighted by atomic mass is 10.1. The molecule has 0 aromatic carbocycles. The van der Waals surface area contributed by atoms with E-state index >= 15 is 0 Å². The molecule has 1 unspecified atom stereocenters. The van der Waals surface area contributed by atoms with Crippen molar-refractivity contribution in [3.63, 3.8) is 0 Å². The van der Waals surface area contributed by atoms with E-state index in [1.165, 1.54) is 0 Å². The van der Waals surface area contributed by atoms with Crippen molar-refractivity contribution in [2.24, 2.45) is 12.8 Å². The Kier molecular flexibility index (Phi) is 3.23. The molecule has 6 nitrogen and oxygen atoms in total. The topological polar surface area (TPSA) is 74.6 Å². The molecule has 0 amide bonds. The zero-order chi connectivity index (χ0) is 14.1. The summed E-state index contributed by atoms with van der Waals surface area (Å²) in [5, 5.41) is 4.18. The van der Waals surface area contributed by atoms with Crippen molar-refractivity contribution in [1.82, 2.24) is 24.3 Å². The van der Waals surface area contributed by atoms with Gasteiger partial charge in [0.2, 0.25) is 0 Å². The highest BCUT2D eigenvalue weighted by molar-refractivity contribution is 5.71. The Balaban J connectivity index is 2.12. The Morgan fingerprint density at radius 2 is 2.25 bits per heavy atom. The summed E-state index contributed by atoms with van der Waals surface area (Å²) in [7, 11) is 1.88. The molecule has 0 aliphatic heterocycles. The maximum absolute atomic E-state index is 6.36. The monoisotopic (exact) mass is 270 g/mol. The van der Waals surface area contributed by atoms with E-state index in [2.05, 4.69) is 26.6 Å². The summed E-state index contributed by atoms with van der Waals surface area (Å²) in [5.74, 6) is 0.841. The first-order chi connectivity index (χ1) is 9.70. The van der Waals surface area contributed by atoms with Crippen LogP contribution in [0.15, 0.2) is 30.7 Å². The number of nitrogens with zero attached hydrogens (tertiary/aromatic N) is 5.